The Hall–Kier alpha value is -1.62. The molecular weight excluding hydrogens is 237 g/mol. The maximum Gasteiger partial charge on any atom is 0.256 e. The van der Waals surface area contributed by atoms with Crippen molar-refractivity contribution in [2.75, 3.05) is 20.7 Å². The summed E-state index contributed by atoms with van der Waals surface area (Å²) in [5.41, 5.74) is -1.10. The van der Waals surface area contributed by atoms with Gasteiger partial charge >= 0.3 is 0 Å². The number of likely N-dealkylation sites (N-methyl/N-ethyl adjacent to an activating group) is 1. The molecule has 0 aliphatic rings. The lowest BCUT2D eigenvalue weighted by molar-refractivity contribution is 0.0365. The number of hydrogen-bond acceptors (Lipinski definition) is 3. The Morgan fingerprint density at radius 2 is 2.11 bits per heavy atom. The van der Waals surface area contributed by atoms with Crippen LogP contribution in [0.2, 0.25) is 0 Å². The molecule has 0 saturated heterocycles. The molecule has 1 aromatic carbocycles. The largest absolute Gasteiger partial charge is 0.494 e. The van der Waals surface area contributed by atoms with E-state index in [-0.39, 0.29) is 17.9 Å². The van der Waals surface area contributed by atoms with E-state index >= 15 is 0 Å². The average molecular weight is 255 g/mol. The number of methoxy groups -OCH3 is 1. The predicted octanol–water partition coefficient (Wildman–Crippen LogP) is 1.68. The van der Waals surface area contributed by atoms with E-state index in [1.807, 2.05) is 0 Å². The third-order valence-electron chi connectivity index (χ3n) is 2.38. The first-order chi connectivity index (χ1) is 8.26. The molecule has 100 valence electrons. The van der Waals surface area contributed by atoms with Crippen LogP contribution in [0.1, 0.15) is 24.2 Å². The van der Waals surface area contributed by atoms with Crippen molar-refractivity contribution < 1.29 is 19.0 Å². The SMILES string of the molecule is COc1cccc(C(=O)N(C)CC(C)(C)O)c1F. The first kappa shape index (κ1) is 14.4. The van der Waals surface area contributed by atoms with Crippen LogP contribution >= 0.6 is 0 Å². The molecule has 0 aliphatic heterocycles. The van der Waals surface area contributed by atoms with E-state index in [4.69, 9.17) is 4.74 Å². The molecule has 0 aromatic heterocycles. The molecular formula is C13H18FNO3. The first-order valence-electron chi connectivity index (χ1n) is 5.56. The van der Waals surface area contributed by atoms with Crippen molar-refractivity contribution in [3.05, 3.63) is 29.6 Å². The van der Waals surface area contributed by atoms with Crippen LogP contribution in [0, 0.1) is 5.82 Å². The molecule has 0 heterocycles. The molecule has 0 bridgehead atoms. The standard InChI is InChI=1S/C13H18FNO3/c1-13(2,17)8-15(3)12(16)9-6-5-7-10(18-4)11(9)14/h5-7,17H,8H2,1-4H3. The second-order valence-electron chi connectivity index (χ2n) is 4.80. The Morgan fingerprint density at radius 1 is 1.50 bits per heavy atom. The Bertz CT molecular complexity index is 440. The van der Waals surface area contributed by atoms with Gasteiger partial charge < -0.3 is 14.7 Å². The number of hydrogen-bond donors (Lipinski definition) is 1. The van der Waals surface area contributed by atoms with Gasteiger partial charge in [0.1, 0.15) is 0 Å². The molecule has 1 N–H and O–H groups in total. The van der Waals surface area contributed by atoms with E-state index in [1.165, 1.54) is 31.2 Å². The van der Waals surface area contributed by atoms with Crippen molar-refractivity contribution >= 4 is 5.91 Å². The molecule has 0 saturated carbocycles. The minimum Gasteiger partial charge on any atom is -0.494 e. The van der Waals surface area contributed by atoms with Gasteiger partial charge in [0, 0.05) is 13.6 Å². The van der Waals surface area contributed by atoms with Crippen LogP contribution in [0.15, 0.2) is 18.2 Å². The van der Waals surface area contributed by atoms with E-state index in [9.17, 15) is 14.3 Å². The monoisotopic (exact) mass is 255 g/mol. The van der Waals surface area contributed by atoms with Crippen molar-refractivity contribution in [1.82, 2.24) is 4.90 Å². The third kappa shape index (κ3) is 3.43. The number of ether oxygens (including phenoxy) is 1. The van der Waals surface area contributed by atoms with Crippen molar-refractivity contribution in [1.29, 1.82) is 0 Å². The maximum atomic E-state index is 13.9. The number of nitrogens with zero attached hydrogens (tertiary/aromatic N) is 1. The highest BCUT2D eigenvalue weighted by Crippen LogP contribution is 2.21. The highest BCUT2D eigenvalue weighted by Gasteiger charge is 2.23. The normalized spacial score (nSPS) is 11.2. The highest BCUT2D eigenvalue weighted by molar-refractivity contribution is 5.94. The van der Waals surface area contributed by atoms with Crippen LogP contribution in [0.25, 0.3) is 0 Å². The van der Waals surface area contributed by atoms with Gasteiger partial charge in [0.05, 0.1) is 18.3 Å². The predicted molar refractivity (Wildman–Crippen MR) is 66.2 cm³/mol. The lowest BCUT2D eigenvalue weighted by Crippen LogP contribution is -2.40. The minimum atomic E-state index is -1.03. The Kier molecular flexibility index (Phi) is 4.29. The number of carbonyl (C=O) groups excluding carboxylic acids is 1. The van der Waals surface area contributed by atoms with E-state index in [2.05, 4.69) is 0 Å². The molecule has 0 spiro atoms. The zero-order valence-corrected chi connectivity index (χ0v) is 11.0. The van der Waals surface area contributed by atoms with Gasteiger partial charge in [0.2, 0.25) is 0 Å². The molecule has 1 rings (SSSR count). The van der Waals surface area contributed by atoms with Gasteiger partial charge in [-0.05, 0) is 26.0 Å². The summed E-state index contributed by atoms with van der Waals surface area (Å²) in [7, 11) is 2.85. The van der Waals surface area contributed by atoms with Gasteiger partial charge in [-0.2, -0.15) is 0 Å². The fraction of sp³-hybridized carbons (Fsp3) is 0.462. The van der Waals surface area contributed by atoms with Crippen molar-refractivity contribution in [3.63, 3.8) is 0 Å². The number of halogens is 1. The average Bonchev–Trinajstić information content (AvgIpc) is 2.26. The summed E-state index contributed by atoms with van der Waals surface area (Å²) in [6.45, 7) is 3.28. The number of carbonyl (C=O) groups is 1. The fourth-order valence-electron chi connectivity index (χ4n) is 1.69. The van der Waals surface area contributed by atoms with Crippen molar-refractivity contribution in [3.8, 4) is 5.75 Å². The minimum absolute atomic E-state index is 0.0255. The van der Waals surface area contributed by atoms with Gasteiger partial charge in [-0.3, -0.25) is 4.79 Å². The molecule has 0 aliphatic carbocycles. The van der Waals surface area contributed by atoms with Crippen molar-refractivity contribution in [2.45, 2.75) is 19.4 Å². The van der Waals surface area contributed by atoms with E-state index in [0.717, 1.165) is 0 Å². The fourth-order valence-corrected chi connectivity index (χ4v) is 1.69. The highest BCUT2D eigenvalue weighted by atomic mass is 19.1. The molecule has 0 radical (unpaired) electrons. The van der Waals surface area contributed by atoms with Crippen LogP contribution in [-0.2, 0) is 0 Å². The summed E-state index contributed by atoms with van der Waals surface area (Å²) in [6.07, 6.45) is 0. The van der Waals surface area contributed by atoms with Crippen LogP contribution < -0.4 is 4.74 Å². The van der Waals surface area contributed by atoms with Gasteiger partial charge in [0.25, 0.3) is 5.91 Å². The van der Waals surface area contributed by atoms with E-state index in [0.29, 0.717) is 0 Å². The Balaban J connectivity index is 2.97. The molecule has 1 aromatic rings. The smallest absolute Gasteiger partial charge is 0.256 e. The summed E-state index contributed by atoms with van der Waals surface area (Å²) in [4.78, 5) is 13.3. The summed E-state index contributed by atoms with van der Waals surface area (Å²) in [5.74, 6) is -1.15. The second kappa shape index (κ2) is 5.35. The van der Waals surface area contributed by atoms with Gasteiger partial charge in [-0.1, -0.05) is 6.07 Å². The molecule has 18 heavy (non-hydrogen) atoms. The molecule has 0 fully saturated rings. The Morgan fingerprint density at radius 3 is 2.61 bits per heavy atom. The summed E-state index contributed by atoms with van der Waals surface area (Å²) in [5, 5.41) is 9.64. The molecule has 0 atom stereocenters. The lowest BCUT2D eigenvalue weighted by Gasteiger charge is -2.25. The van der Waals surface area contributed by atoms with Crippen LogP contribution in [0.4, 0.5) is 4.39 Å². The molecule has 1 amide bonds. The van der Waals surface area contributed by atoms with Crippen LogP contribution in [0.3, 0.4) is 0 Å². The van der Waals surface area contributed by atoms with Gasteiger partial charge in [0.15, 0.2) is 11.6 Å². The maximum absolute atomic E-state index is 13.9. The molecule has 4 nitrogen and oxygen atoms in total. The van der Waals surface area contributed by atoms with Gasteiger partial charge in [-0.15, -0.1) is 0 Å². The summed E-state index contributed by atoms with van der Waals surface area (Å²) >= 11 is 0. The van der Waals surface area contributed by atoms with Crippen molar-refractivity contribution in [2.24, 2.45) is 0 Å². The van der Waals surface area contributed by atoms with Crippen LogP contribution in [-0.4, -0.2) is 42.2 Å². The molecule has 5 heteroatoms. The lowest BCUT2D eigenvalue weighted by atomic mass is 10.1. The van der Waals surface area contributed by atoms with Crippen LogP contribution in [0.5, 0.6) is 5.75 Å². The number of benzene rings is 1. The quantitative estimate of drug-likeness (QED) is 0.890. The molecule has 0 unspecified atom stereocenters. The van der Waals surface area contributed by atoms with Gasteiger partial charge in [-0.25, -0.2) is 4.39 Å². The summed E-state index contributed by atoms with van der Waals surface area (Å²) < 4.78 is 18.7. The topological polar surface area (TPSA) is 49.8 Å². The van der Waals surface area contributed by atoms with E-state index in [1.54, 1.807) is 19.9 Å². The second-order valence-corrected chi connectivity index (χ2v) is 4.80. The Labute approximate surface area is 106 Å². The van der Waals surface area contributed by atoms with E-state index < -0.39 is 17.3 Å². The number of aliphatic hydroxyl groups is 1. The first-order valence-corrected chi connectivity index (χ1v) is 5.56. The third-order valence-corrected chi connectivity index (χ3v) is 2.38. The zero-order valence-electron chi connectivity index (χ0n) is 11.0. The number of rotatable bonds is 4. The number of amides is 1. The zero-order chi connectivity index (χ0) is 13.9. The summed E-state index contributed by atoms with van der Waals surface area (Å²) in [6, 6.07) is 4.39.